The summed E-state index contributed by atoms with van der Waals surface area (Å²) >= 11 is 0. The van der Waals surface area contributed by atoms with E-state index in [-0.39, 0.29) is 11.9 Å². The van der Waals surface area contributed by atoms with Gasteiger partial charge in [-0.2, -0.15) is 5.10 Å². The Kier molecular flexibility index (Phi) is 4.10. The van der Waals surface area contributed by atoms with Crippen molar-refractivity contribution >= 4 is 5.91 Å². The molecule has 2 aromatic heterocycles. The van der Waals surface area contributed by atoms with Gasteiger partial charge in [-0.3, -0.25) is 14.9 Å². The zero-order valence-corrected chi connectivity index (χ0v) is 15.6. The molecule has 0 radical (unpaired) electrons. The summed E-state index contributed by atoms with van der Waals surface area (Å²) in [5.41, 5.74) is 3.12. The number of amides is 1. The summed E-state index contributed by atoms with van der Waals surface area (Å²) in [5.74, 6) is 1.89. The highest BCUT2D eigenvalue weighted by molar-refractivity contribution is 5.92. The molecular formula is C20H25N5O2. The minimum Gasteiger partial charge on any atom is -0.476 e. The number of rotatable bonds is 8. The Morgan fingerprint density at radius 3 is 2.74 bits per heavy atom. The van der Waals surface area contributed by atoms with Gasteiger partial charge in [-0.1, -0.05) is 0 Å². The van der Waals surface area contributed by atoms with Gasteiger partial charge in [0, 0.05) is 5.92 Å². The monoisotopic (exact) mass is 367 g/mol. The molecule has 7 nitrogen and oxygen atoms in total. The molecule has 3 aliphatic carbocycles. The first-order valence-electron chi connectivity index (χ1n) is 10.00. The van der Waals surface area contributed by atoms with Crippen LogP contribution in [0.25, 0.3) is 0 Å². The summed E-state index contributed by atoms with van der Waals surface area (Å²) in [6.45, 7) is 2.62. The Bertz CT molecular complexity index is 852. The largest absolute Gasteiger partial charge is 0.476 e. The standard InChI is InChI=1S/C20H25N5O2/c1-11-8-15(25-24-11)17(13-4-5-13)23-19(26)16-9-21-18(14-6-7-14)20(22-16)27-10-12-2-3-12/h8-9,12-14,17H,2-7,10H2,1H3,(H,23,26)(H,24,25)/t17-/m0/s1. The Labute approximate surface area is 158 Å². The summed E-state index contributed by atoms with van der Waals surface area (Å²) < 4.78 is 5.94. The van der Waals surface area contributed by atoms with Crippen LogP contribution in [0.4, 0.5) is 0 Å². The lowest BCUT2D eigenvalue weighted by Gasteiger charge is -2.17. The normalized spacial score (nSPS) is 20.3. The number of aromatic nitrogens is 4. The van der Waals surface area contributed by atoms with Gasteiger partial charge in [0.2, 0.25) is 5.88 Å². The smallest absolute Gasteiger partial charge is 0.272 e. The van der Waals surface area contributed by atoms with E-state index in [0.717, 1.165) is 42.8 Å². The number of carbonyl (C=O) groups excluding carboxylic acids is 1. The fourth-order valence-electron chi connectivity index (χ4n) is 3.41. The third-order valence-corrected chi connectivity index (χ3v) is 5.56. The van der Waals surface area contributed by atoms with Crippen molar-refractivity contribution < 1.29 is 9.53 Å². The van der Waals surface area contributed by atoms with E-state index in [1.54, 1.807) is 6.20 Å². The number of ether oxygens (including phenoxy) is 1. The lowest BCUT2D eigenvalue weighted by atomic mass is 10.1. The number of carbonyl (C=O) groups is 1. The Hall–Kier alpha value is -2.44. The highest BCUT2D eigenvalue weighted by atomic mass is 16.5. The molecular weight excluding hydrogens is 342 g/mol. The third-order valence-electron chi connectivity index (χ3n) is 5.56. The van der Waals surface area contributed by atoms with Crippen LogP contribution in [-0.2, 0) is 0 Å². The van der Waals surface area contributed by atoms with Crippen LogP contribution in [0, 0.1) is 18.8 Å². The molecule has 0 saturated heterocycles. The van der Waals surface area contributed by atoms with E-state index < -0.39 is 0 Å². The number of nitrogens with one attached hydrogen (secondary N) is 2. The molecule has 27 heavy (non-hydrogen) atoms. The molecule has 0 unspecified atom stereocenters. The van der Waals surface area contributed by atoms with Crippen molar-refractivity contribution in [2.75, 3.05) is 6.61 Å². The maximum absolute atomic E-state index is 12.9. The highest BCUT2D eigenvalue weighted by Crippen LogP contribution is 2.43. The predicted molar refractivity (Wildman–Crippen MR) is 98.5 cm³/mol. The number of H-pyrrole nitrogens is 1. The van der Waals surface area contributed by atoms with Crippen LogP contribution < -0.4 is 10.1 Å². The van der Waals surface area contributed by atoms with Gasteiger partial charge in [0.25, 0.3) is 5.91 Å². The van der Waals surface area contributed by atoms with Gasteiger partial charge < -0.3 is 10.1 Å². The van der Waals surface area contributed by atoms with Gasteiger partial charge in [0.1, 0.15) is 11.4 Å². The van der Waals surface area contributed by atoms with Crippen molar-refractivity contribution in [2.24, 2.45) is 11.8 Å². The summed E-state index contributed by atoms with van der Waals surface area (Å²) in [6.07, 6.45) is 8.52. The maximum Gasteiger partial charge on any atom is 0.272 e. The van der Waals surface area contributed by atoms with Crippen molar-refractivity contribution in [2.45, 2.75) is 57.4 Å². The molecule has 7 heteroatoms. The fourth-order valence-corrected chi connectivity index (χ4v) is 3.41. The molecule has 2 aromatic rings. The molecule has 0 spiro atoms. The number of aromatic amines is 1. The van der Waals surface area contributed by atoms with Crippen LogP contribution in [0.15, 0.2) is 12.3 Å². The van der Waals surface area contributed by atoms with Crippen LogP contribution >= 0.6 is 0 Å². The predicted octanol–water partition coefficient (Wildman–Crippen LogP) is 3.06. The van der Waals surface area contributed by atoms with Crippen molar-refractivity contribution in [1.29, 1.82) is 0 Å². The molecule has 3 saturated carbocycles. The SMILES string of the molecule is Cc1cc([C@@H](NC(=O)c2cnc(C3CC3)c(OCC3CC3)n2)C2CC2)[nH]n1. The van der Waals surface area contributed by atoms with Crippen molar-refractivity contribution in [3.8, 4) is 5.88 Å². The van der Waals surface area contributed by atoms with Crippen molar-refractivity contribution in [1.82, 2.24) is 25.5 Å². The average molecular weight is 367 g/mol. The van der Waals surface area contributed by atoms with Gasteiger partial charge in [0.05, 0.1) is 30.2 Å². The van der Waals surface area contributed by atoms with E-state index in [4.69, 9.17) is 4.74 Å². The quantitative estimate of drug-likeness (QED) is 0.748. The minimum atomic E-state index is -0.203. The average Bonchev–Trinajstić information content (AvgIpc) is 3.54. The Morgan fingerprint density at radius 2 is 2.11 bits per heavy atom. The zero-order chi connectivity index (χ0) is 18.4. The summed E-state index contributed by atoms with van der Waals surface area (Å²) in [6, 6.07) is 1.94. The lowest BCUT2D eigenvalue weighted by molar-refractivity contribution is 0.0923. The van der Waals surface area contributed by atoms with Crippen LogP contribution in [0.3, 0.4) is 0 Å². The third kappa shape index (κ3) is 3.82. The van der Waals surface area contributed by atoms with Gasteiger partial charge >= 0.3 is 0 Å². The van der Waals surface area contributed by atoms with E-state index in [1.165, 1.54) is 12.8 Å². The number of hydrogen-bond acceptors (Lipinski definition) is 5. The van der Waals surface area contributed by atoms with Crippen LogP contribution in [0.5, 0.6) is 5.88 Å². The van der Waals surface area contributed by atoms with E-state index in [9.17, 15) is 4.79 Å². The van der Waals surface area contributed by atoms with E-state index in [1.807, 2.05) is 13.0 Å². The molecule has 0 aromatic carbocycles. The maximum atomic E-state index is 12.9. The van der Waals surface area contributed by atoms with Crippen molar-refractivity contribution in [3.05, 3.63) is 35.0 Å². The second-order valence-corrected chi connectivity index (χ2v) is 8.23. The van der Waals surface area contributed by atoms with Crippen molar-refractivity contribution in [3.63, 3.8) is 0 Å². The molecule has 0 aliphatic heterocycles. The molecule has 3 aliphatic rings. The Morgan fingerprint density at radius 1 is 1.30 bits per heavy atom. The second kappa shape index (κ2) is 6.62. The molecule has 2 N–H and O–H groups in total. The van der Waals surface area contributed by atoms with Gasteiger partial charge in [-0.15, -0.1) is 0 Å². The molecule has 142 valence electrons. The summed E-state index contributed by atoms with van der Waals surface area (Å²) in [7, 11) is 0. The minimum absolute atomic E-state index is 0.0561. The molecule has 3 fully saturated rings. The first-order chi connectivity index (χ1) is 13.2. The van der Waals surface area contributed by atoms with Crippen LogP contribution in [-0.4, -0.2) is 32.7 Å². The van der Waals surface area contributed by atoms with Crippen LogP contribution in [0.2, 0.25) is 0 Å². The zero-order valence-electron chi connectivity index (χ0n) is 15.6. The first-order valence-corrected chi connectivity index (χ1v) is 10.00. The summed E-state index contributed by atoms with van der Waals surface area (Å²) in [5, 5.41) is 10.4. The van der Waals surface area contributed by atoms with E-state index in [0.29, 0.717) is 35.9 Å². The fraction of sp³-hybridized carbons (Fsp3) is 0.600. The topological polar surface area (TPSA) is 92.8 Å². The molecule has 0 bridgehead atoms. The number of aryl methyl sites for hydroxylation is 1. The second-order valence-electron chi connectivity index (χ2n) is 8.23. The van der Waals surface area contributed by atoms with E-state index in [2.05, 4.69) is 25.5 Å². The van der Waals surface area contributed by atoms with Gasteiger partial charge in [-0.05, 0) is 63.4 Å². The highest BCUT2D eigenvalue weighted by Gasteiger charge is 2.36. The summed E-state index contributed by atoms with van der Waals surface area (Å²) in [4.78, 5) is 21.9. The van der Waals surface area contributed by atoms with Gasteiger partial charge in [0.15, 0.2) is 0 Å². The van der Waals surface area contributed by atoms with Crippen LogP contribution in [0.1, 0.15) is 78.1 Å². The van der Waals surface area contributed by atoms with E-state index >= 15 is 0 Å². The molecule has 2 heterocycles. The van der Waals surface area contributed by atoms with Gasteiger partial charge in [-0.25, -0.2) is 4.98 Å². The Balaban J connectivity index is 1.34. The molecule has 5 rings (SSSR count). The number of nitrogens with zero attached hydrogens (tertiary/aromatic N) is 3. The number of hydrogen-bond donors (Lipinski definition) is 2. The first kappa shape index (κ1) is 16.7. The molecule has 1 amide bonds. The lowest BCUT2D eigenvalue weighted by Crippen LogP contribution is -2.31. The molecule has 1 atom stereocenters.